The Morgan fingerprint density at radius 3 is 1.38 bits per heavy atom. The normalized spacial score (nSPS) is 13.9. The Bertz CT molecular complexity index is 376. The van der Waals surface area contributed by atoms with Gasteiger partial charge < -0.3 is 18.2 Å². The van der Waals surface area contributed by atoms with Crippen molar-refractivity contribution in [2.45, 2.75) is 122 Å². The molecular formula is C26H58ClNO3Si. The van der Waals surface area contributed by atoms with Gasteiger partial charge in [-0.3, -0.25) is 0 Å². The lowest BCUT2D eigenvalue weighted by Crippen LogP contribution is -2.50. The van der Waals surface area contributed by atoms with E-state index >= 15 is 0 Å². The van der Waals surface area contributed by atoms with Crippen LogP contribution >= 0.6 is 12.4 Å². The van der Waals surface area contributed by atoms with Crippen molar-refractivity contribution < 1.29 is 13.3 Å². The van der Waals surface area contributed by atoms with Gasteiger partial charge >= 0.3 is 8.80 Å². The van der Waals surface area contributed by atoms with Crippen molar-refractivity contribution in [1.82, 2.24) is 4.90 Å². The molecule has 0 saturated carbocycles. The van der Waals surface area contributed by atoms with Gasteiger partial charge in [-0.25, -0.2) is 0 Å². The Kier molecular flexibility index (Phi) is 24.9. The Labute approximate surface area is 209 Å². The molecule has 0 heterocycles. The molecule has 0 spiro atoms. The first-order chi connectivity index (χ1) is 15.0. The highest BCUT2D eigenvalue weighted by molar-refractivity contribution is 6.62. The van der Waals surface area contributed by atoms with E-state index in [0.29, 0.717) is 11.5 Å². The smallest absolute Gasteiger partial charge is 0.377 e. The maximum atomic E-state index is 5.88. The van der Waals surface area contributed by atoms with E-state index in [0.717, 1.165) is 13.0 Å². The highest BCUT2D eigenvalue weighted by atomic mass is 35.5. The molecule has 0 N–H and O–H groups in total. The molecule has 6 heteroatoms. The Hall–Kier alpha value is 0.347. The molecule has 0 saturated heterocycles. The summed E-state index contributed by atoms with van der Waals surface area (Å²) in [6.07, 6.45) is 21.8. The molecule has 2 atom stereocenters. The predicted octanol–water partition coefficient (Wildman–Crippen LogP) is 8.12. The fraction of sp³-hybridized carbons (Fsp3) is 1.00. The third-order valence-corrected chi connectivity index (χ3v) is 10.4. The van der Waals surface area contributed by atoms with Gasteiger partial charge in [0.15, 0.2) is 0 Å². The molecule has 0 aromatic carbocycles. The molecule has 32 heavy (non-hydrogen) atoms. The van der Waals surface area contributed by atoms with Gasteiger partial charge in [-0.2, -0.15) is 0 Å². The molecule has 2 unspecified atom stereocenters. The molecule has 196 valence electrons. The highest BCUT2D eigenvalue weighted by Gasteiger charge is 2.49. The number of halogens is 1. The zero-order valence-corrected chi connectivity index (χ0v) is 24.6. The maximum absolute atomic E-state index is 5.88. The van der Waals surface area contributed by atoms with Gasteiger partial charge in [0.25, 0.3) is 0 Å². The lowest BCUT2D eigenvalue weighted by Gasteiger charge is -2.37. The summed E-state index contributed by atoms with van der Waals surface area (Å²) in [7, 11) is 7.00. The number of nitrogens with zero attached hydrogens (tertiary/aromatic N) is 1. The van der Waals surface area contributed by atoms with E-state index in [1.54, 1.807) is 21.3 Å². The van der Waals surface area contributed by atoms with Crippen LogP contribution in [0, 0.1) is 5.92 Å². The molecule has 0 amide bonds. The van der Waals surface area contributed by atoms with Crippen molar-refractivity contribution in [1.29, 1.82) is 0 Å². The van der Waals surface area contributed by atoms with Crippen LogP contribution in [-0.4, -0.2) is 55.7 Å². The molecule has 0 aromatic heterocycles. The van der Waals surface area contributed by atoms with Crippen LogP contribution < -0.4 is 0 Å². The van der Waals surface area contributed by atoms with Crippen LogP contribution in [0.15, 0.2) is 0 Å². The van der Waals surface area contributed by atoms with Crippen LogP contribution in [0.1, 0.15) is 117 Å². The van der Waals surface area contributed by atoms with Gasteiger partial charge in [-0.1, -0.05) is 104 Å². The standard InChI is InChI=1S/C26H57NO3Si.ClH/c1-8-10-11-12-13-14-15-16-17-18-19-20-21-22-25(23-24-27(3)4)26(9-2)31(28-5,29-6)30-7;/h25-26H,8-24H2,1-7H3;1H. The maximum Gasteiger partial charge on any atom is 0.503 e. The van der Waals surface area contributed by atoms with Crippen molar-refractivity contribution in [2.24, 2.45) is 5.92 Å². The first kappa shape index (κ1) is 34.5. The second-order valence-electron chi connectivity index (χ2n) is 9.61. The van der Waals surface area contributed by atoms with E-state index < -0.39 is 8.80 Å². The molecule has 0 aromatic rings. The van der Waals surface area contributed by atoms with E-state index in [9.17, 15) is 0 Å². The van der Waals surface area contributed by atoms with Gasteiger partial charge in [0.1, 0.15) is 0 Å². The number of rotatable bonds is 23. The van der Waals surface area contributed by atoms with E-state index in [-0.39, 0.29) is 12.4 Å². The second kappa shape index (κ2) is 23.1. The SMILES string of the molecule is CCCCCCCCCCCCCCCC(CCN(C)C)C(CC)[Si](OC)(OC)OC.Cl. The summed E-state index contributed by atoms with van der Waals surface area (Å²) in [4.78, 5) is 2.29. The summed E-state index contributed by atoms with van der Waals surface area (Å²) >= 11 is 0. The minimum absolute atomic E-state index is 0. The van der Waals surface area contributed by atoms with Gasteiger partial charge in [-0.05, 0) is 39.4 Å². The number of hydrogen-bond acceptors (Lipinski definition) is 4. The molecule has 4 nitrogen and oxygen atoms in total. The van der Waals surface area contributed by atoms with E-state index in [2.05, 4.69) is 32.8 Å². The summed E-state index contributed by atoms with van der Waals surface area (Å²) in [6, 6.07) is 0. The van der Waals surface area contributed by atoms with E-state index in [1.807, 2.05) is 0 Å². The van der Waals surface area contributed by atoms with Gasteiger partial charge in [0.2, 0.25) is 0 Å². The average molecular weight is 496 g/mol. The fourth-order valence-electron chi connectivity index (χ4n) is 4.97. The molecule has 0 radical (unpaired) electrons. The topological polar surface area (TPSA) is 30.9 Å². The molecule has 0 aliphatic rings. The van der Waals surface area contributed by atoms with Crippen molar-refractivity contribution in [2.75, 3.05) is 42.0 Å². The van der Waals surface area contributed by atoms with Crippen LogP contribution in [0.5, 0.6) is 0 Å². The Morgan fingerprint density at radius 2 is 1.03 bits per heavy atom. The molecule has 0 aliphatic heterocycles. The minimum atomic E-state index is -2.61. The Balaban J connectivity index is 0. The fourth-order valence-corrected chi connectivity index (χ4v) is 7.79. The van der Waals surface area contributed by atoms with Crippen molar-refractivity contribution in [3.8, 4) is 0 Å². The van der Waals surface area contributed by atoms with Crippen LogP contribution in [-0.2, 0) is 13.3 Å². The average Bonchev–Trinajstić information content (AvgIpc) is 2.77. The lowest BCUT2D eigenvalue weighted by atomic mass is 9.92. The minimum Gasteiger partial charge on any atom is -0.377 e. The van der Waals surface area contributed by atoms with E-state index in [4.69, 9.17) is 13.3 Å². The lowest BCUT2D eigenvalue weighted by molar-refractivity contribution is 0.0962. The third kappa shape index (κ3) is 15.3. The number of unbranched alkanes of at least 4 members (excludes halogenated alkanes) is 12. The summed E-state index contributed by atoms with van der Waals surface area (Å²) in [5.41, 5.74) is 0.379. The van der Waals surface area contributed by atoms with Crippen LogP contribution in [0.3, 0.4) is 0 Å². The summed E-state index contributed by atoms with van der Waals surface area (Å²) in [5.74, 6) is 0.603. The third-order valence-electron chi connectivity index (χ3n) is 6.94. The molecule has 0 bridgehead atoms. The van der Waals surface area contributed by atoms with Crippen molar-refractivity contribution in [3.63, 3.8) is 0 Å². The molecular weight excluding hydrogens is 438 g/mol. The van der Waals surface area contributed by atoms with E-state index in [1.165, 1.54) is 96.3 Å². The van der Waals surface area contributed by atoms with Crippen molar-refractivity contribution >= 4 is 21.2 Å². The largest absolute Gasteiger partial charge is 0.503 e. The zero-order chi connectivity index (χ0) is 23.4. The van der Waals surface area contributed by atoms with Gasteiger partial charge in [-0.15, -0.1) is 12.4 Å². The van der Waals surface area contributed by atoms with Crippen LogP contribution in [0.4, 0.5) is 0 Å². The predicted molar refractivity (Wildman–Crippen MR) is 145 cm³/mol. The quantitative estimate of drug-likeness (QED) is 0.106. The number of hydrogen-bond donors (Lipinski definition) is 0. The zero-order valence-electron chi connectivity index (χ0n) is 22.8. The van der Waals surface area contributed by atoms with Gasteiger partial charge in [0.05, 0.1) is 0 Å². The highest BCUT2D eigenvalue weighted by Crippen LogP contribution is 2.39. The molecule has 0 fully saturated rings. The first-order valence-electron chi connectivity index (χ1n) is 13.3. The molecule has 0 aliphatic carbocycles. The van der Waals surface area contributed by atoms with Gasteiger partial charge in [0, 0.05) is 26.9 Å². The summed E-state index contributed by atoms with van der Waals surface area (Å²) in [5, 5.41) is 0. The monoisotopic (exact) mass is 495 g/mol. The van der Waals surface area contributed by atoms with Crippen LogP contribution in [0.2, 0.25) is 5.54 Å². The summed E-state index contributed by atoms with van der Waals surface area (Å²) < 4.78 is 17.6. The summed E-state index contributed by atoms with van der Waals surface area (Å²) in [6.45, 7) is 5.66. The van der Waals surface area contributed by atoms with Crippen LogP contribution in [0.25, 0.3) is 0 Å². The Morgan fingerprint density at radius 1 is 0.625 bits per heavy atom. The van der Waals surface area contributed by atoms with Crippen molar-refractivity contribution in [3.05, 3.63) is 0 Å². The molecule has 0 rings (SSSR count). The first-order valence-corrected chi connectivity index (χ1v) is 15.1. The second-order valence-corrected chi connectivity index (χ2v) is 12.8.